The fourth-order valence-corrected chi connectivity index (χ4v) is 4.83. The first kappa shape index (κ1) is 17.5. The van der Waals surface area contributed by atoms with Gasteiger partial charge in [-0.25, -0.2) is 13.2 Å². The molecule has 0 unspecified atom stereocenters. The molecule has 7 heteroatoms. The maximum atomic E-state index is 12.0. The van der Waals surface area contributed by atoms with E-state index in [1.807, 2.05) is 13.0 Å². The fraction of sp³-hybridized carbons (Fsp3) is 0.500. The summed E-state index contributed by atoms with van der Waals surface area (Å²) in [5.41, 5.74) is 1.44. The van der Waals surface area contributed by atoms with Gasteiger partial charge in [0.05, 0.1) is 22.6 Å². The number of amides is 1. The molecule has 1 fully saturated rings. The Morgan fingerprint density at radius 2 is 2.00 bits per heavy atom. The van der Waals surface area contributed by atoms with E-state index in [-0.39, 0.29) is 11.5 Å². The number of hydrogen-bond acceptors (Lipinski definition) is 5. The molecule has 1 saturated heterocycles. The summed E-state index contributed by atoms with van der Waals surface area (Å²) in [5, 5.41) is 2.65. The summed E-state index contributed by atoms with van der Waals surface area (Å²) in [4.78, 5) is 23.9. The molecule has 0 aliphatic carbocycles. The van der Waals surface area contributed by atoms with Gasteiger partial charge in [-0.15, -0.1) is 0 Å². The second-order valence-electron chi connectivity index (χ2n) is 6.35. The monoisotopic (exact) mass is 339 g/mol. The van der Waals surface area contributed by atoms with Crippen molar-refractivity contribution in [1.29, 1.82) is 0 Å². The number of rotatable bonds is 4. The molecule has 1 atom stereocenters. The van der Waals surface area contributed by atoms with Crippen LogP contribution in [0.4, 0.5) is 0 Å². The molecule has 1 heterocycles. The van der Waals surface area contributed by atoms with Crippen LogP contribution in [0, 0.1) is 13.8 Å². The number of benzene rings is 1. The first-order valence-corrected chi connectivity index (χ1v) is 9.18. The normalized spacial score (nSPS) is 22.6. The topological polar surface area (TPSA) is 89.5 Å². The first-order valence-electron chi connectivity index (χ1n) is 7.36. The Balaban J connectivity index is 1.90. The van der Waals surface area contributed by atoms with Crippen molar-refractivity contribution in [2.75, 3.05) is 18.1 Å². The Bertz CT molecular complexity index is 741. The second-order valence-corrected chi connectivity index (χ2v) is 8.53. The van der Waals surface area contributed by atoms with Crippen molar-refractivity contribution in [1.82, 2.24) is 5.32 Å². The van der Waals surface area contributed by atoms with Gasteiger partial charge in [0.25, 0.3) is 5.91 Å². The molecular formula is C16H21NO5S. The fourth-order valence-electron chi connectivity index (χ4n) is 2.73. The Morgan fingerprint density at radius 3 is 2.57 bits per heavy atom. The summed E-state index contributed by atoms with van der Waals surface area (Å²) in [6, 6.07) is 5.32. The van der Waals surface area contributed by atoms with Crippen molar-refractivity contribution >= 4 is 21.7 Å². The summed E-state index contributed by atoms with van der Waals surface area (Å²) < 4.78 is 28.0. The highest BCUT2D eigenvalue weighted by atomic mass is 32.2. The van der Waals surface area contributed by atoms with E-state index in [1.165, 1.54) is 0 Å². The lowest BCUT2D eigenvalue weighted by molar-refractivity contribution is -0.125. The highest BCUT2D eigenvalue weighted by molar-refractivity contribution is 7.91. The van der Waals surface area contributed by atoms with E-state index >= 15 is 0 Å². The largest absolute Gasteiger partial charge is 0.452 e. The molecule has 1 amide bonds. The van der Waals surface area contributed by atoms with Crippen LogP contribution in [0.1, 0.15) is 34.8 Å². The van der Waals surface area contributed by atoms with Crippen LogP contribution in [0.2, 0.25) is 0 Å². The summed E-state index contributed by atoms with van der Waals surface area (Å²) in [7, 11) is -3.11. The third-order valence-corrected chi connectivity index (χ3v) is 5.78. The molecule has 126 valence electrons. The predicted molar refractivity (Wildman–Crippen MR) is 86.0 cm³/mol. The van der Waals surface area contributed by atoms with Gasteiger partial charge >= 0.3 is 5.97 Å². The molecule has 0 spiro atoms. The van der Waals surface area contributed by atoms with Crippen LogP contribution in [-0.2, 0) is 19.4 Å². The number of carbonyl (C=O) groups excluding carboxylic acids is 2. The zero-order chi connectivity index (χ0) is 17.3. The average Bonchev–Trinajstić information content (AvgIpc) is 2.69. The molecule has 1 aliphatic rings. The van der Waals surface area contributed by atoms with E-state index in [0.29, 0.717) is 12.0 Å². The van der Waals surface area contributed by atoms with Gasteiger partial charge in [0, 0.05) is 0 Å². The van der Waals surface area contributed by atoms with Crippen molar-refractivity contribution in [3.63, 3.8) is 0 Å². The molecule has 6 nitrogen and oxygen atoms in total. The zero-order valence-electron chi connectivity index (χ0n) is 13.5. The quantitative estimate of drug-likeness (QED) is 0.831. The van der Waals surface area contributed by atoms with Crippen LogP contribution in [0.3, 0.4) is 0 Å². The van der Waals surface area contributed by atoms with Gasteiger partial charge in [-0.1, -0.05) is 17.7 Å². The van der Waals surface area contributed by atoms with E-state index < -0.39 is 33.9 Å². The van der Waals surface area contributed by atoms with Crippen LogP contribution < -0.4 is 5.32 Å². The maximum Gasteiger partial charge on any atom is 0.338 e. The number of ether oxygens (including phenoxy) is 1. The van der Waals surface area contributed by atoms with Gasteiger partial charge in [-0.05, 0) is 38.8 Å². The second kappa shape index (κ2) is 6.31. The smallest absolute Gasteiger partial charge is 0.338 e. The molecule has 1 aromatic rings. The van der Waals surface area contributed by atoms with Crippen LogP contribution in [0.5, 0.6) is 0 Å². The van der Waals surface area contributed by atoms with E-state index in [9.17, 15) is 18.0 Å². The van der Waals surface area contributed by atoms with Gasteiger partial charge < -0.3 is 10.1 Å². The number of carbonyl (C=O) groups is 2. The molecule has 0 radical (unpaired) electrons. The molecule has 1 aliphatic heterocycles. The molecule has 0 bridgehead atoms. The number of esters is 1. The zero-order valence-corrected chi connectivity index (χ0v) is 14.3. The van der Waals surface area contributed by atoms with Gasteiger partial charge in [0.15, 0.2) is 16.4 Å². The average molecular weight is 339 g/mol. The van der Waals surface area contributed by atoms with E-state index in [2.05, 4.69) is 5.32 Å². The van der Waals surface area contributed by atoms with Crippen LogP contribution in [0.15, 0.2) is 18.2 Å². The van der Waals surface area contributed by atoms with E-state index in [0.717, 1.165) is 11.1 Å². The Morgan fingerprint density at radius 1 is 1.30 bits per heavy atom. The number of aryl methyl sites for hydroxylation is 2. The van der Waals surface area contributed by atoms with Crippen molar-refractivity contribution in [3.05, 3.63) is 34.9 Å². The lowest BCUT2D eigenvalue weighted by atomic mass is 10.0. The minimum atomic E-state index is -3.11. The minimum absolute atomic E-state index is 0.0616. The minimum Gasteiger partial charge on any atom is -0.452 e. The first-order chi connectivity index (χ1) is 10.6. The van der Waals surface area contributed by atoms with Gasteiger partial charge in [0.1, 0.15) is 0 Å². The molecule has 0 saturated carbocycles. The molecule has 0 aromatic heterocycles. The van der Waals surface area contributed by atoms with Gasteiger partial charge in [0.2, 0.25) is 0 Å². The highest BCUT2D eigenvalue weighted by Gasteiger charge is 2.39. The summed E-state index contributed by atoms with van der Waals surface area (Å²) in [6.07, 6.45) is 0.367. The van der Waals surface area contributed by atoms with Crippen LogP contribution >= 0.6 is 0 Å². The summed E-state index contributed by atoms with van der Waals surface area (Å²) in [6.45, 7) is 4.98. The Hall–Kier alpha value is -1.89. The maximum absolute atomic E-state index is 12.0. The molecule has 23 heavy (non-hydrogen) atoms. The summed E-state index contributed by atoms with van der Waals surface area (Å²) >= 11 is 0. The molecule has 2 rings (SSSR count). The molecule has 1 aromatic carbocycles. The Kier molecular flexibility index (Phi) is 4.79. The van der Waals surface area contributed by atoms with Crippen LogP contribution in [-0.4, -0.2) is 43.9 Å². The van der Waals surface area contributed by atoms with Crippen molar-refractivity contribution < 1.29 is 22.7 Å². The van der Waals surface area contributed by atoms with E-state index in [1.54, 1.807) is 26.0 Å². The SMILES string of the molecule is Cc1ccc(C(=O)OCC(=O)N[C@]2(C)CCS(=O)(=O)C2)c(C)c1. The van der Waals surface area contributed by atoms with Crippen molar-refractivity contribution in [2.24, 2.45) is 0 Å². The lowest BCUT2D eigenvalue weighted by Crippen LogP contribution is -2.48. The third kappa shape index (κ3) is 4.54. The Labute approximate surface area is 136 Å². The number of nitrogens with one attached hydrogen (secondary N) is 1. The van der Waals surface area contributed by atoms with E-state index in [4.69, 9.17) is 4.74 Å². The van der Waals surface area contributed by atoms with Gasteiger partial charge in [-0.3, -0.25) is 4.79 Å². The van der Waals surface area contributed by atoms with Crippen molar-refractivity contribution in [2.45, 2.75) is 32.7 Å². The highest BCUT2D eigenvalue weighted by Crippen LogP contribution is 2.22. The lowest BCUT2D eigenvalue weighted by Gasteiger charge is -2.23. The molecular weight excluding hydrogens is 318 g/mol. The summed E-state index contributed by atoms with van der Waals surface area (Å²) in [5.74, 6) is -1.09. The van der Waals surface area contributed by atoms with Crippen molar-refractivity contribution in [3.8, 4) is 0 Å². The third-order valence-electron chi connectivity index (χ3n) is 3.88. The number of sulfone groups is 1. The van der Waals surface area contributed by atoms with Gasteiger partial charge in [-0.2, -0.15) is 0 Å². The van der Waals surface area contributed by atoms with Crippen LogP contribution in [0.25, 0.3) is 0 Å². The standard InChI is InChI=1S/C16H21NO5S/c1-11-4-5-13(12(2)8-11)15(19)22-9-14(18)17-16(3)6-7-23(20,21)10-16/h4-5,8H,6-7,9-10H2,1-3H3,(H,17,18)/t16-/m1/s1. The predicted octanol–water partition coefficient (Wildman–Crippen LogP) is 1.15. The molecule has 1 N–H and O–H groups in total. The number of hydrogen-bond donors (Lipinski definition) is 1.